The first-order valence-electron chi connectivity index (χ1n) is 25.8. The van der Waals surface area contributed by atoms with Gasteiger partial charge in [-0.1, -0.05) is 32.9 Å². The van der Waals surface area contributed by atoms with E-state index in [1.54, 1.807) is 34.1 Å². The number of hydrogen-bond acceptors (Lipinski definition) is 17. The highest BCUT2D eigenvalue weighted by atomic mass is 16.7. The molecule has 3 aromatic heterocycles. The summed E-state index contributed by atoms with van der Waals surface area (Å²) in [6, 6.07) is 2.96. The third-order valence-electron chi connectivity index (χ3n) is 16.3. The summed E-state index contributed by atoms with van der Waals surface area (Å²) >= 11 is 0. The van der Waals surface area contributed by atoms with Crippen LogP contribution in [-0.2, 0) is 43.2 Å². The van der Waals surface area contributed by atoms with Crippen LogP contribution >= 0.6 is 0 Å². The van der Waals surface area contributed by atoms with Crippen LogP contribution in [0.1, 0.15) is 113 Å². The first kappa shape index (κ1) is 56.5. The number of fused-ring (bicyclic) bond motifs is 1. The van der Waals surface area contributed by atoms with E-state index in [-0.39, 0.29) is 30.9 Å². The van der Waals surface area contributed by atoms with Crippen molar-refractivity contribution in [2.75, 3.05) is 34.3 Å². The van der Waals surface area contributed by atoms with Crippen molar-refractivity contribution in [2.45, 2.75) is 218 Å². The van der Waals surface area contributed by atoms with Crippen LogP contribution in [0.5, 0.6) is 0 Å². The minimum absolute atomic E-state index is 0.144. The van der Waals surface area contributed by atoms with Gasteiger partial charge in [-0.15, -0.1) is 5.10 Å². The molecule has 3 aliphatic rings. The van der Waals surface area contributed by atoms with Gasteiger partial charge in [0.2, 0.25) is 0 Å². The lowest BCUT2D eigenvalue weighted by atomic mass is 9.68. The van der Waals surface area contributed by atoms with E-state index >= 15 is 0 Å². The Hall–Kier alpha value is -2.76. The van der Waals surface area contributed by atoms with E-state index in [0.717, 1.165) is 42.8 Å². The van der Waals surface area contributed by atoms with Crippen molar-refractivity contribution < 1.29 is 54.3 Å². The van der Waals surface area contributed by atoms with E-state index in [2.05, 4.69) is 29.7 Å². The number of imidazole rings is 1. The zero-order valence-electron chi connectivity index (χ0n) is 44.2. The van der Waals surface area contributed by atoms with E-state index in [9.17, 15) is 30.6 Å². The molecule has 70 heavy (non-hydrogen) atoms. The first-order chi connectivity index (χ1) is 32.9. The highest BCUT2D eigenvalue weighted by Gasteiger charge is 2.55. The van der Waals surface area contributed by atoms with Gasteiger partial charge in [-0.05, 0) is 118 Å². The van der Waals surface area contributed by atoms with E-state index in [1.807, 2.05) is 96.8 Å². The fourth-order valence-electron chi connectivity index (χ4n) is 12.0. The summed E-state index contributed by atoms with van der Waals surface area (Å²) in [7, 11) is 5.41. The van der Waals surface area contributed by atoms with Crippen LogP contribution in [-0.4, -0.2) is 195 Å². The number of rotatable bonds is 14. The van der Waals surface area contributed by atoms with Gasteiger partial charge < -0.3 is 68.7 Å². The Morgan fingerprint density at radius 3 is 2.33 bits per heavy atom. The summed E-state index contributed by atoms with van der Waals surface area (Å²) < 4.78 is 36.5. The van der Waals surface area contributed by atoms with Gasteiger partial charge in [0, 0.05) is 76.5 Å². The molecule has 6 N–H and O–H groups in total. The third-order valence-corrected chi connectivity index (χ3v) is 16.3. The fourth-order valence-corrected chi connectivity index (χ4v) is 12.0. The van der Waals surface area contributed by atoms with Crippen LogP contribution in [0.2, 0.25) is 0 Å². The molecule has 3 saturated heterocycles. The lowest BCUT2D eigenvalue weighted by molar-refractivity contribution is -0.307. The largest absolute Gasteiger partial charge is 0.388 e. The number of ether oxygens (including phenoxy) is 5. The molecule has 3 aliphatic heterocycles. The molecule has 0 radical (unpaired) electrons. The summed E-state index contributed by atoms with van der Waals surface area (Å²) in [5.41, 5.74) is -1.69. The minimum Gasteiger partial charge on any atom is -0.388 e. The summed E-state index contributed by atoms with van der Waals surface area (Å²) in [6.07, 6.45) is -0.123. The topological polar surface area (TPSA) is 235 Å². The summed E-state index contributed by atoms with van der Waals surface area (Å²) in [6.45, 7) is 21.0. The highest BCUT2D eigenvalue weighted by molar-refractivity contribution is 5.69. The predicted octanol–water partition coefficient (Wildman–Crippen LogP) is 3.40. The summed E-state index contributed by atoms with van der Waals surface area (Å²) in [5, 5.41) is 81.2. The van der Waals surface area contributed by atoms with E-state index in [4.69, 9.17) is 23.7 Å². The van der Waals surface area contributed by atoms with Crippen LogP contribution in [0.15, 0.2) is 30.9 Å². The molecule has 19 heteroatoms. The number of pyridine rings is 1. The number of likely N-dealkylation sites (N-methyl/N-ethyl adjacent to an activating group) is 2. The quantitative estimate of drug-likeness (QED) is 0.127. The third kappa shape index (κ3) is 12.8. The second-order valence-electron chi connectivity index (χ2n) is 22.1. The fraction of sp³-hybridized carbons (Fsp3) is 0.843. The predicted molar refractivity (Wildman–Crippen MR) is 263 cm³/mol. The molecule has 0 amide bonds. The number of nitrogens with zero attached hydrogens (tertiary/aromatic N) is 8. The van der Waals surface area contributed by atoms with Crippen molar-refractivity contribution in [3.8, 4) is 0 Å². The van der Waals surface area contributed by atoms with Crippen molar-refractivity contribution >= 4 is 11.2 Å². The van der Waals surface area contributed by atoms with E-state index < -0.39 is 95.9 Å². The van der Waals surface area contributed by atoms with Gasteiger partial charge in [0.25, 0.3) is 0 Å². The lowest BCUT2D eigenvalue weighted by Gasteiger charge is -2.52. The van der Waals surface area contributed by atoms with Gasteiger partial charge in [-0.2, -0.15) is 0 Å². The van der Waals surface area contributed by atoms with Gasteiger partial charge in [0.15, 0.2) is 18.2 Å². The molecule has 0 spiro atoms. The summed E-state index contributed by atoms with van der Waals surface area (Å²) in [4.78, 5) is 13.0. The Balaban J connectivity index is 1.23. The maximum atomic E-state index is 12.9. The number of methoxy groups -OCH3 is 1. The number of hydrogen-bond donors (Lipinski definition) is 6. The number of unbranched alkanes of at least 4 members (excludes halogenated alkanes) is 1. The second kappa shape index (κ2) is 23.6. The standard InChI is InChI=1S/C51H88N8O11/c1-14-40-51(10,65)43(61)34(6)57(12)27-30(2)25-49(8,64)45(32(4)41(33(5)47(63)69-40)39-26-50(9,66-13)44(62)35(7)68-39)70-48-42(60)38(24-31(3)67-48)56(11)23-19-36-28-59(55-54-36)22-16-15-21-58-29-53-37-18-17-20-52-46(37)58/h17-18,20,28-35,38-45,47-48,60-65H,14-16,19,21-27H2,1-13H3/t30-,31-,32+,33-,34-,35+,38+,39?,40-,41+,42-,43-,44+,45-,47?,48+,49-,50-,51-/m1/s1. The van der Waals surface area contributed by atoms with Crippen molar-refractivity contribution in [1.29, 1.82) is 0 Å². The van der Waals surface area contributed by atoms with Gasteiger partial charge in [0.1, 0.15) is 29.4 Å². The van der Waals surface area contributed by atoms with Crippen LogP contribution < -0.4 is 0 Å². The molecule has 3 aromatic rings. The zero-order chi connectivity index (χ0) is 51.5. The Morgan fingerprint density at radius 1 is 0.914 bits per heavy atom. The molecule has 2 unspecified atom stereocenters. The number of aromatic nitrogens is 6. The number of aliphatic hydroxyl groups excluding tert-OH is 4. The normalized spacial score (nSPS) is 41.1. The first-order valence-corrected chi connectivity index (χ1v) is 25.8. The molecule has 19 nitrogen and oxygen atoms in total. The number of aryl methyl sites for hydroxylation is 2. The molecule has 0 aliphatic carbocycles. The molecule has 0 aromatic carbocycles. The SMILES string of the molecule is CC[C@H]1OC(O)[C@H](C)[C@@H](C2C[C@@](C)(OC)[C@@H](O)[C@H](C)O2)[C@H](C)[C@@H](O[C@@H]2O[C@H](C)C[C@H](N(C)CCc3cn(CCCCn4cnc5cccnc54)nn3)[C@H]2O)[C@](C)(O)C[C@@H](C)CN(C)[C@H](C)[C@@H](O)[C@]1(C)O. The average Bonchev–Trinajstić information content (AvgIpc) is 3.95. The molecule has 19 atom stereocenters. The summed E-state index contributed by atoms with van der Waals surface area (Å²) in [5.74, 6) is -2.09. The molecule has 6 rings (SSSR count). The Bertz CT molecular complexity index is 2070. The van der Waals surface area contributed by atoms with Crippen molar-refractivity contribution in [3.05, 3.63) is 36.5 Å². The van der Waals surface area contributed by atoms with Gasteiger partial charge in [-0.25, -0.2) is 9.97 Å². The molecule has 398 valence electrons. The van der Waals surface area contributed by atoms with E-state index in [0.29, 0.717) is 32.4 Å². The molecule has 0 saturated carbocycles. The Morgan fingerprint density at radius 2 is 1.63 bits per heavy atom. The van der Waals surface area contributed by atoms with Crippen LogP contribution in [0, 0.1) is 23.7 Å². The van der Waals surface area contributed by atoms with Gasteiger partial charge >= 0.3 is 0 Å². The van der Waals surface area contributed by atoms with Crippen molar-refractivity contribution in [1.82, 2.24) is 39.3 Å². The van der Waals surface area contributed by atoms with Crippen molar-refractivity contribution in [2.24, 2.45) is 23.7 Å². The van der Waals surface area contributed by atoms with Crippen LogP contribution in [0.25, 0.3) is 11.2 Å². The molecular weight excluding hydrogens is 901 g/mol. The Kier molecular flexibility index (Phi) is 19.1. The lowest BCUT2D eigenvalue weighted by Crippen LogP contribution is -2.62. The smallest absolute Gasteiger partial charge is 0.185 e. The zero-order valence-corrected chi connectivity index (χ0v) is 44.2. The number of aliphatic hydroxyl groups is 6. The monoisotopic (exact) mass is 989 g/mol. The molecular formula is C51H88N8O11. The van der Waals surface area contributed by atoms with Gasteiger partial charge in [-0.3, -0.25) is 4.68 Å². The maximum absolute atomic E-state index is 12.9. The molecule has 6 heterocycles. The average molecular weight is 989 g/mol. The van der Waals surface area contributed by atoms with Crippen LogP contribution in [0.3, 0.4) is 0 Å². The second-order valence-corrected chi connectivity index (χ2v) is 22.1. The van der Waals surface area contributed by atoms with Gasteiger partial charge in [0.05, 0.1) is 53.7 Å². The maximum Gasteiger partial charge on any atom is 0.185 e. The molecule has 0 bridgehead atoms. The van der Waals surface area contributed by atoms with Crippen LogP contribution in [0.4, 0.5) is 0 Å². The van der Waals surface area contributed by atoms with E-state index in [1.165, 1.54) is 0 Å². The Labute approximate surface area is 415 Å². The molecule has 3 fully saturated rings. The highest BCUT2D eigenvalue weighted by Crippen LogP contribution is 2.45. The van der Waals surface area contributed by atoms with Crippen molar-refractivity contribution in [3.63, 3.8) is 0 Å². The minimum atomic E-state index is -1.75.